The summed E-state index contributed by atoms with van der Waals surface area (Å²) in [5.74, 6) is -0.414. The fourth-order valence-electron chi connectivity index (χ4n) is 3.27. The number of hydrogen-bond donors (Lipinski definition) is 0. The number of aryl methyl sites for hydroxylation is 1. The van der Waals surface area contributed by atoms with Crippen molar-refractivity contribution in [3.63, 3.8) is 0 Å². The summed E-state index contributed by atoms with van der Waals surface area (Å²) >= 11 is 3.36. The van der Waals surface area contributed by atoms with Gasteiger partial charge in [-0.2, -0.15) is 9.78 Å². The number of hydrogen-bond acceptors (Lipinski definition) is 9. The van der Waals surface area contributed by atoms with Crippen LogP contribution in [-0.4, -0.2) is 47.1 Å². The monoisotopic (exact) mass is 546 g/mol. The SMILES string of the molecule is CCCc1nc2ccc(Br)cc2c(=O)n1N=Cc1cc(OC)c(OCC(=O)OCC)c([N+](=O)[O-])c1. The number of aromatic nitrogens is 2. The van der Waals surface area contributed by atoms with Gasteiger partial charge in [0.2, 0.25) is 5.75 Å². The Balaban J connectivity index is 2.06. The molecule has 12 heteroatoms. The Morgan fingerprint density at radius 2 is 2.06 bits per heavy atom. The highest BCUT2D eigenvalue weighted by molar-refractivity contribution is 9.10. The Morgan fingerprint density at radius 1 is 1.29 bits per heavy atom. The van der Waals surface area contributed by atoms with Gasteiger partial charge in [0, 0.05) is 22.5 Å². The Kier molecular flexibility index (Phi) is 8.53. The van der Waals surface area contributed by atoms with E-state index in [0.717, 1.165) is 10.9 Å². The van der Waals surface area contributed by atoms with Crippen LogP contribution in [0.1, 0.15) is 31.7 Å². The van der Waals surface area contributed by atoms with Crippen LogP contribution in [0, 0.1) is 10.1 Å². The lowest BCUT2D eigenvalue weighted by Crippen LogP contribution is -2.22. The Bertz CT molecular complexity index is 1350. The second-order valence-electron chi connectivity index (χ2n) is 7.22. The van der Waals surface area contributed by atoms with Gasteiger partial charge in [0.15, 0.2) is 12.4 Å². The van der Waals surface area contributed by atoms with Crippen LogP contribution in [0.3, 0.4) is 0 Å². The van der Waals surface area contributed by atoms with Crippen molar-refractivity contribution in [2.45, 2.75) is 26.7 Å². The summed E-state index contributed by atoms with van der Waals surface area (Å²) in [6.45, 7) is 3.22. The zero-order chi connectivity index (χ0) is 25.5. The van der Waals surface area contributed by atoms with E-state index in [1.54, 1.807) is 25.1 Å². The predicted molar refractivity (Wildman–Crippen MR) is 132 cm³/mol. The minimum atomic E-state index is -0.673. The van der Waals surface area contributed by atoms with Gasteiger partial charge in [-0.25, -0.2) is 9.78 Å². The van der Waals surface area contributed by atoms with Crippen LogP contribution in [0.2, 0.25) is 0 Å². The lowest BCUT2D eigenvalue weighted by molar-refractivity contribution is -0.385. The number of halogens is 1. The maximum atomic E-state index is 13.1. The fraction of sp³-hybridized carbons (Fsp3) is 0.304. The average molecular weight is 547 g/mol. The van der Waals surface area contributed by atoms with Gasteiger partial charge >= 0.3 is 11.7 Å². The molecular weight excluding hydrogens is 524 g/mol. The zero-order valence-electron chi connectivity index (χ0n) is 19.3. The molecule has 1 heterocycles. The van der Waals surface area contributed by atoms with Crippen LogP contribution >= 0.6 is 15.9 Å². The first kappa shape index (κ1) is 25.8. The van der Waals surface area contributed by atoms with Gasteiger partial charge in [0.25, 0.3) is 5.56 Å². The predicted octanol–water partition coefficient (Wildman–Crippen LogP) is 3.85. The molecule has 0 spiro atoms. The summed E-state index contributed by atoms with van der Waals surface area (Å²) in [5.41, 5.74) is 0.0258. The van der Waals surface area contributed by atoms with E-state index < -0.39 is 23.2 Å². The van der Waals surface area contributed by atoms with E-state index >= 15 is 0 Å². The molecule has 0 fully saturated rings. The molecule has 0 aliphatic heterocycles. The normalized spacial score (nSPS) is 11.1. The standard InChI is InChI=1S/C23H23BrN4O7/c1-4-6-20-26-17-8-7-15(24)11-16(17)23(30)27(20)25-12-14-9-18(28(31)32)22(19(10-14)33-3)35-13-21(29)34-5-2/h7-12H,4-6,13H2,1-3H3. The van der Waals surface area contributed by atoms with Crippen molar-refractivity contribution >= 4 is 44.7 Å². The molecule has 0 saturated carbocycles. The molecule has 0 aliphatic rings. The summed E-state index contributed by atoms with van der Waals surface area (Å²) in [6, 6.07) is 7.87. The van der Waals surface area contributed by atoms with E-state index in [9.17, 15) is 19.7 Å². The molecule has 0 atom stereocenters. The summed E-state index contributed by atoms with van der Waals surface area (Å²) in [5, 5.41) is 16.4. The zero-order valence-corrected chi connectivity index (χ0v) is 20.9. The van der Waals surface area contributed by atoms with Crippen molar-refractivity contribution in [2.75, 3.05) is 20.3 Å². The minimum Gasteiger partial charge on any atom is -0.493 e. The summed E-state index contributed by atoms with van der Waals surface area (Å²) in [4.78, 5) is 40.4. The molecule has 0 bridgehead atoms. The number of rotatable bonds is 10. The molecule has 0 radical (unpaired) electrons. The maximum Gasteiger partial charge on any atom is 0.344 e. The van der Waals surface area contributed by atoms with Gasteiger partial charge in [0.1, 0.15) is 5.82 Å². The lowest BCUT2D eigenvalue weighted by Gasteiger charge is -2.12. The van der Waals surface area contributed by atoms with Gasteiger partial charge < -0.3 is 14.2 Å². The third kappa shape index (κ3) is 6.01. The van der Waals surface area contributed by atoms with Crippen LogP contribution in [0.15, 0.2) is 44.7 Å². The van der Waals surface area contributed by atoms with E-state index in [2.05, 4.69) is 26.0 Å². The first-order valence-corrected chi connectivity index (χ1v) is 11.5. The quantitative estimate of drug-likeness (QED) is 0.162. The van der Waals surface area contributed by atoms with Crippen LogP contribution in [-0.2, 0) is 16.0 Å². The van der Waals surface area contributed by atoms with Crippen molar-refractivity contribution in [3.8, 4) is 11.5 Å². The summed E-state index contributed by atoms with van der Waals surface area (Å²) in [6.07, 6.45) is 2.54. The second kappa shape index (κ2) is 11.6. The van der Waals surface area contributed by atoms with Crippen molar-refractivity contribution in [3.05, 3.63) is 66.7 Å². The number of nitro benzene ring substituents is 1. The Hall–Kier alpha value is -3.80. The summed E-state index contributed by atoms with van der Waals surface area (Å²) < 4.78 is 17.3. The van der Waals surface area contributed by atoms with E-state index in [-0.39, 0.29) is 29.2 Å². The van der Waals surface area contributed by atoms with Crippen LogP contribution < -0.4 is 15.0 Å². The van der Waals surface area contributed by atoms with E-state index in [4.69, 9.17) is 14.2 Å². The van der Waals surface area contributed by atoms with Crippen LogP contribution in [0.5, 0.6) is 11.5 Å². The molecule has 0 saturated heterocycles. The number of nitro groups is 1. The van der Waals surface area contributed by atoms with Gasteiger partial charge in [-0.05, 0) is 37.6 Å². The third-order valence-electron chi connectivity index (χ3n) is 4.79. The number of nitrogens with zero attached hydrogens (tertiary/aromatic N) is 4. The Morgan fingerprint density at radius 3 is 2.71 bits per heavy atom. The lowest BCUT2D eigenvalue weighted by atomic mass is 10.2. The first-order valence-electron chi connectivity index (χ1n) is 10.7. The molecule has 1 aromatic heterocycles. The van der Waals surface area contributed by atoms with Gasteiger partial charge in [0.05, 0.1) is 35.8 Å². The van der Waals surface area contributed by atoms with Gasteiger partial charge in [-0.1, -0.05) is 22.9 Å². The van der Waals surface area contributed by atoms with Crippen molar-refractivity contribution in [1.29, 1.82) is 0 Å². The molecule has 0 N–H and O–H groups in total. The molecule has 0 unspecified atom stereocenters. The smallest absolute Gasteiger partial charge is 0.344 e. The van der Waals surface area contributed by atoms with Crippen molar-refractivity contribution < 1.29 is 23.9 Å². The molecular formula is C23H23BrN4O7. The molecule has 0 aliphatic carbocycles. The van der Waals surface area contributed by atoms with Crippen molar-refractivity contribution in [2.24, 2.45) is 5.10 Å². The molecule has 184 valence electrons. The third-order valence-corrected chi connectivity index (χ3v) is 5.28. The number of ether oxygens (including phenoxy) is 3. The van der Waals surface area contributed by atoms with Gasteiger partial charge in [-0.15, -0.1) is 0 Å². The first-order chi connectivity index (χ1) is 16.8. The average Bonchev–Trinajstić information content (AvgIpc) is 2.83. The van der Waals surface area contributed by atoms with Gasteiger partial charge in [-0.3, -0.25) is 14.9 Å². The Labute approximate surface area is 208 Å². The van der Waals surface area contributed by atoms with E-state index in [1.807, 2.05) is 6.92 Å². The van der Waals surface area contributed by atoms with Crippen molar-refractivity contribution in [1.82, 2.24) is 9.66 Å². The minimum absolute atomic E-state index is 0.0200. The molecule has 2 aromatic carbocycles. The number of carbonyl (C=O) groups is 1. The highest BCUT2D eigenvalue weighted by Gasteiger charge is 2.23. The van der Waals surface area contributed by atoms with Crippen LogP contribution in [0.25, 0.3) is 10.9 Å². The molecule has 11 nitrogen and oxygen atoms in total. The maximum absolute atomic E-state index is 13.1. The van der Waals surface area contributed by atoms with E-state index in [1.165, 1.54) is 30.1 Å². The largest absolute Gasteiger partial charge is 0.493 e. The number of benzene rings is 2. The number of carbonyl (C=O) groups excluding carboxylic acids is 1. The topological polar surface area (TPSA) is 135 Å². The number of esters is 1. The number of fused-ring (bicyclic) bond motifs is 1. The molecule has 35 heavy (non-hydrogen) atoms. The highest BCUT2D eigenvalue weighted by atomic mass is 79.9. The summed E-state index contributed by atoms with van der Waals surface area (Å²) in [7, 11) is 1.31. The number of methoxy groups -OCH3 is 1. The molecule has 3 rings (SSSR count). The second-order valence-corrected chi connectivity index (χ2v) is 8.14. The van der Waals surface area contributed by atoms with E-state index in [0.29, 0.717) is 23.1 Å². The molecule has 0 amide bonds. The fourth-order valence-corrected chi connectivity index (χ4v) is 3.63. The molecule has 3 aromatic rings. The highest BCUT2D eigenvalue weighted by Crippen LogP contribution is 2.38. The van der Waals surface area contributed by atoms with Crippen LogP contribution in [0.4, 0.5) is 5.69 Å².